The number of carbonyl (C=O) groups excluding carboxylic acids is 1. The Morgan fingerprint density at radius 2 is 1.96 bits per heavy atom. The van der Waals surface area contributed by atoms with E-state index in [9.17, 15) is 9.18 Å². The second-order valence-corrected chi connectivity index (χ2v) is 5.59. The molecule has 2 heterocycles. The summed E-state index contributed by atoms with van der Waals surface area (Å²) in [6.07, 6.45) is 1.66. The molecule has 0 bridgehead atoms. The number of amidine groups is 1. The highest BCUT2D eigenvalue weighted by Gasteiger charge is 2.31. The van der Waals surface area contributed by atoms with Crippen LogP contribution < -0.4 is 0 Å². The van der Waals surface area contributed by atoms with Gasteiger partial charge in [0.1, 0.15) is 5.82 Å². The molecule has 6 heteroatoms. The molecule has 1 aliphatic rings. The average molecular weight is 327 g/mol. The number of halogens is 1. The molecule has 5 nitrogen and oxygen atoms in total. The van der Waals surface area contributed by atoms with Crippen LogP contribution in [-0.2, 0) is 9.53 Å². The summed E-state index contributed by atoms with van der Waals surface area (Å²) in [5, 5.41) is 0. The molecule has 0 atom stereocenters. The Morgan fingerprint density at radius 1 is 1.25 bits per heavy atom. The standard InChI is InChI=1S/C18H18FN3O2/c1-11-9-13(10-16-17(23)21(4)18(20-3)24-16)12(2)22(11)15-8-6-5-7-14(15)19/h5-10H,1-4H3/b16-10-,20-18?. The molecular formula is C18H18FN3O2. The van der Waals surface area contributed by atoms with Crippen molar-refractivity contribution in [2.24, 2.45) is 4.99 Å². The molecular weight excluding hydrogens is 309 g/mol. The van der Waals surface area contributed by atoms with Gasteiger partial charge in [-0.05, 0) is 43.7 Å². The molecule has 124 valence electrons. The van der Waals surface area contributed by atoms with Crippen molar-refractivity contribution in [2.45, 2.75) is 13.8 Å². The summed E-state index contributed by atoms with van der Waals surface area (Å²) >= 11 is 0. The maximum Gasteiger partial charge on any atom is 0.299 e. The molecule has 0 unspecified atom stereocenters. The molecule has 1 saturated heterocycles. The molecule has 1 aliphatic heterocycles. The summed E-state index contributed by atoms with van der Waals surface area (Å²) in [5.41, 5.74) is 2.97. The third-order valence-electron chi connectivity index (χ3n) is 4.05. The predicted octanol–water partition coefficient (Wildman–Crippen LogP) is 3.05. The van der Waals surface area contributed by atoms with Gasteiger partial charge < -0.3 is 9.30 Å². The zero-order valence-electron chi connectivity index (χ0n) is 14.0. The molecule has 1 aromatic heterocycles. The van der Waals surface area contributed by atoms with Gasteiger partial charge in [-0.3, -0.25) is 9.69 Å². The van der Waals surface area contributed by atoms with E-state index in [4.69, 9.17) is 4.74 Å². The Hall–Kier alpha value is -2.89. The van der Waals surface area contributed by atoms with Crippen LogP contribution in [0.2, 0.25) is 0 Å². The van der Waals surface area contributed by atoms with Crippen LogP contribution in [0.25, 0.3) is 11.8 Å². The van der Waals surface area contributed by atoms with E-state index in [1.807, 2.05) is 24.5 Å². The molecule has 24 heavy (non-hydrogen) atoms. The van der Waals surface area contributed by atoms with E-state index in [0.717, 1.165) is 17.0 Å². The van der Waals surface area contributed by atoms with Gasteiger partial charge in [-0.2, -0.15) is 0 Å². The van der Waals surface area contributed by atoms with Gasteiger partial charge >= 0.3 is 0 Å². The van der Waals surface area contributed by atoms with Gasteiger partial charge in [-0.1, -0.05) is 12.1 Å². The number of hydrogen-bond donors (Lipinski definition) is 0. The number of para-hydroxylation sites is 1. The van der Waals surface area contributed by atoms with Crippen molar-refractivity contribution in [3.63, 3.8) is 0 Å². The van der Waals surface area contributed by atoms with Crippen molar-refractivity contribution in [3.8, 4) is 5.69 Å². The fourth-order valence-electron chi connectivity index (χ4n) is 2.83. The summed E-state index contributed by atoms with van der Waals surface area (Å²) in [6, 6.07) is 8.75. The SMILES string of the molecule is CN=C1O/C(=C\c2cc(C)n(-c3ccccc3F)c2C)C(=O)N1C. The molecule has 0 radical (unpaired) electrons. The molecule has 1 amide bonds. The van der Waals surface area contributed by atoms with Crippen LogP contribution in [-0.4, -0.2) is 35.5 Å². The molecule has 0 N–H and O–H groups in total. The Balaban J connectivity index is 2.07. The summed E-state index contributed by atoms with van der Waals surface area (Å²) in [4.78, 5) is 17.5. The predicted molar refractivity (Wildman–Crippen MR) is 90.4 cm³/mol. The first-order chi connectivity index (χ1) is 11.4. The number of ether oxygens (including phenoxy) is 1. The number of hydrogen-bond acceptors (Lipinski definition) is 3. The third-order valence-corrected chi connectivity index (χ3v) is 4.05. The quantitative estimate of drug-likeness (QED) is 0.796. The Bertz CT molecular complexity index is 880. The van der Waals surface area contributed by atoms with Crippen LogP contribution in [0.5, 0.6) is 0 Å². The minimum Gasteiger partial charge on any atom is -0.420 e. The van der Waals surface area contributed by atoms with E-state index >= 15 is 0 Å². The lowest BCUT2D eigenvalue weighted by Crippen LogP contribution is -2.24. The van der Waals surface area contributed by atoms with E-state index in [1.165, 1.54) is 11.0 Å². The number of nitrogens with zero attached hydrogens (tertiary/aromatic N) is 3. The summed E-state index contributed by atoms with van der Waals surface area (Å²) in [5.74, 6) is -0.356. The van der Waals surface area contributed by atoms with Gasteiger partial charge in [-0.25, -0.2) is 9.38 Å². The van der Waals surface area contributed by atoms with E-state index in [2.05, 4.69) is 4.99 Å². The highest BCUT2D eigenvalue weighted by molar-refractivity contribution is 6.11. The van der Waals surface area contributed by atoms with Gasteiger partial charge in [0, 0.05) is 25.5 Å². The van der Waals surface area contributed by atoms with Crippen LogP contribution in [0.1, 0.15) is 17.0 Å². The second-order valence-electron chi connectivity index (χ2n) is 5.59. The lowest BCUT2D eigenvalue weighted by molar-refractivity contribution is -0.122. The van der Waals surface area contributed by atoms with Crippen molar-refractivity contribution in [3.05, 3.63) is 58.9 Å². The van der Waals surface area contributed by atoms with Crippen molar-refractivity contribution in [2.75, 3.05) is 14.1 Å². The highest BCUT2D eigenvalue weighted by Crippen LogP contribution is 2.26. The zero-order valence-corrected chi connectivity index (χ0v) is 14.0. The lowest BCUT2D eigenvalue weighted by Gasteiger charge is -2.10. The number of aryl methyl sites for hydroxylation is 1. The zero-order chi connectivity index (χ0) is 17.4. The fourth-order valence-corrected chi connectivity index (χ4v) is 2.83. The maximum absolute atomic E-state index is 14.1. The van der Waals surface area contributed by atoms with Crippen LogP contribution in [0, 0.1) is 19.7 Å². The fraction of sp³-hybridized carbons (Fsp3) is 0.222. The second kappa shape index (κ2) is 5.96. The minimum atomic E-state index is -0.299. The van der Waals surface area contributed by atoms with Crippen LogP contribution in [0.3, 0.4) is 0 Å². The molecule has 2 aromatic rings. The monoisotopic (exact) mass is 327 g/mol. The number of aromatic nitrogens is 1. The smallest absolute Gasteiger partial charge is 0.299 e. The summed E-state index contributed by atoms with van der Waals surface area (Å²) in [7, 11) is 3.17. The molecule has 0 spiro atoms. The molecule has 3 rings (SSSR count). The van der Waals surface area contributed by atoms with Gasteiger partial charge in [0.2, 0.25) is 0 Å². The van der Waals surface area contributed by atoms with E-state index in [-0.39, 0.29) is 23.5 Å². The first-order valence-electron chi connectivity index (χ1n) is 7.52. The van der Waals surface area contributed by atoms with E-state index < -0.39 is 0 Å². The first-order valence-corrected chi connectivity index (χ1v) is 7.52. The van der Waals surface area contributed by atoms with Crippen molar-refractivity contribution < 1.29 is 13.9 Å². The average Bonchev–Trinajstić information content (AvgIpc) is 2.99. The maximum atomic E-state index is 14.1. The number of carbonyl (C=O) groups is 1. The first kappa shape index (κ1) is 16.0. The third kappa shape index (κ3) is 2.50. The highest BCUT2D eigenvalue weighted by atomic mass is 19.1. The van der Waals surface area contributed by atoms with E-state index in [1.54, 1.807) is 38.4 Å². The number of aliphatic imine (C=N–C) groups is 1. The molecule has 1 fully saturated rings. The number of benzene rings is 1. The number of likely N-dealkylation sites (N-methyl/N-ethyl adjacent to an activating group) is 1. The minimum absolute atomic E-state index is 0.201. The van der Waals surface area contributed by atoms with Crippen molar-refractivity contribution >= 4 is 18.0 Å². The number of rotatable bonds is 2. The molecule has 0 saturated carbocycles. The Morgan fingerprint density at radius 3 is 2.58 bits per heavy atom. The largest absolute Gasteiger partial charge is 0.420 e. The Kier molecular flexibility index (Phi) is 3.97. The normalized spacial score (nSPS) is 17.9. The van der Waals surface area contributed by atoms with Gasteiger partial charge in [-0.15, -0.1) is 0 Å². The Labute approximate surface area is 139 Å². The van der Waals surface area contributed by atoms with E-state index in [0.29, 0.717) is 5.69 Å². The van der Waals surface area contributed by atoms with Crippen LogP contribution in [0.4, 0.5) is 4.39 Å². The lowest BCUT2D eigenvalue weighted by atomic mass is 10.2. The molecule has 0 aliphatic carbocycles. The summed E-state index contributed by atoms with van der Waals surface area (Å²) < 4.78 is 21.4. The van der Waals surface area contributed by atoms with Crippen molar-refractivity contribution in [1.29, 1.82) is 0 Å². The van der Waals surface area contributed by atoms with Crippen LogP contribution >= 0.6 is 0 Å². The van der Waals surface area contributed by atoms with Gasteiger partial charge in [0.05, 0.1) is 5.69 Å². The summed E-state index contributed by atoms with van der Waals surface area (Å²) in [6.45, 7) is 3.77. The van der Waals surface area contributed by atoms with Crippen molar-refractivity contribution in [1.82, 2.24) is 9.47 Å². The van der Waals surface area contributed by atoms with Gasteiger partial charge in [0.25, 0.3) is 11.9 Å². The van der Waals surface area contributed by atoms with Gasteiger partial charge in [0.15, 0.2) is 5.76 Å². The molecule has 1 aromatic carbocycles. The topological polar surface area (TPSA) is 46.8 Å². The number of amides is 1. The van der Waals surface area contributed by atoms with Crippen LogP contribution in [0.15, 0.2) is 41.1 Å².